The van der Waals surface area contributed by atoms with Crippen molar-refractivity contribution >= 4 is 28.6 Å². The summed E-state index contributed by atoms with van der Waals surface area (Å²) in [6.45, 7) is 1.96. The van der Waals surface area contributed by atoms with Crippen molar-refractivity contribution in [1.29, 1.82) is 0 Å². The van der Waals surface area contributed by atoms with Crippen LogP contribution in [0.25, 0.3) is 10.9 Å². The molecule has 100 valence electrons. The van der Waals surface area contributed by atoms with E-state index in [2.05, 4.69) is 4.98 Å². The fraction of sp³-hybridized carbons (Fsp3) is 0.286. The van der Waals surface area contributed by atoms with Gasteiger partial charge < -0.3 is 10.8 Å². The SMILES string of the molecule is Cc1cc(CSC[C@@H](N)C(=O)O)c2ccccc2n1. The number of rotatable bonds is 5. The van der Waals surface area contributed by atoms with Crippen molar-refractivity contribution in [3.63, 3.8) is 0 Å². The highest BCUT2D eigenvalue weighted by Gasteiger charge is 2.11. The standard InChI is InChI=1S/C14H16N2O2S/c1-9-6-10(7-19-8-12(15)14(17)18)11-4-2-3-5-13(11)16-9/h2-6,12H,7-8,15H2,1H3,(H,17,18)/t12-/m1/s1. The first-order chi connectivity index (χ1) is 9.08. The maximum Gasteiger partial charge on any atom is 0.321 e. The van der Waals surface area contributed by atoms with Crippen molar-refractivity contribution < 1.29 is 9.90 Å². The summed E-state index contributed by atoms with van der Waals surface area (Å²) in [5, 5.41) is 9.86. The van der Waals surface area contributed by atoms with Crippen molar-refractivity contribution in [1.82, 2.24) is 4.98 Å². The number of nitrogens with zero attached hydrogens (tertiary/aromatic N) is 1. The first-order valence-electron chi connectivity index (χ1n) is 5.99. The monoisotopic (exact) mass is 276 g/mol. The van der Waals surface area contributed by atoms with Crippen LogP contribution in [0.2, 0.25) is 0 Å². The van der Waals surface area contributed by atoms with E-state index < -0.39 is 12.0 Å². The highest BCUT2D eigenvalue weighted by molar-refractivity contribution is 7.98. The van der Waals surface area contributed by atoms with Crippen LogP contribution in [0, 0.1) is 6.92 Å². The minimum Gasteiger partial charge on any atom is -0.480 e. The average molecular weight is 276 g/mol. The normalized spacial score (nSPS) is 12.5. The quantitative estimate of drug-likeness (QED) is 0.875. The average Bonchev–Trinajstić information content (AvgIpc) is 2.38. The van der Waals surface area contributed by atoms with Crippen LogP contribution in [0.1, 0.15) is 11.3 Å². The molecule has 2 rings (SSSR count). The second-order valence-corrected chi connectivity index (χ2v) is 5.43. The second kappa shape index (κ2) is 6.04. The lowest BCUT2D eigenvalue weighted by Gasteiger charge is -2.09. The van der Waals surface area contributed by atoms with Crippen LogP contribution >= 0.6 is 11.8 Å². The molecular weight excluding hydrogens is 260 g/mol. The number of hydrogen-bond acceptors (Lipinski definition) is 4. The smallest absolute Gasteiger partial charge is 0.321 e. The number of thioether (sulfide) groups is 1. The van der Waals surface area contributed by atoms with Gasteiger partial charge >= 0.3 is 5.97 Å². The Balaban J connectivity index is 2.14. The molecule has 1 aromatic carbocycles. The Morgan fingerprint density at radius 1 is 1.47 bits per heavy atom. The Labute approximate surface area is 116 Å². The number of hydrogen-bond donors (Lipinski definition) is 2. The number of benzene rings is 1. The molecule has 0 saturated carbocycles. The van der Waals surface area contributed by atoms with Crippen LogP contribution in [-0.4, -0.2) is 27.9 Å². The number of para-hydroxylation sites is 1. The van der Waals surface area contributed by atoms with Crippen LogP contribution in [-0.2, 0) is 10.5 Å². The minimum absolute atomic E-state index is 0.408. The molecule has 0 unspecified atom stereocenters. The van der Waals surface area contributed by atoms with Crippen molar-refractivity contribution in [3.8, 4) is 0 Å². The number of carbonyl (C=O) groups is 1. The molecule has 0 bridgehead atoms. The third kappa shape index (κ3) is 3.45. The Kier molecular flexibility index (Phi) is 4.39. The first kappa shape index (κ1) is 13.8. The Bertz CT molecular complexity index is 601. The molecule has 4 nitrogen and oxygen atoms in total. The van der Waals surface area contributed by atoms with E-state index in [1.165, 1.54) is 17.3 Å². The molecule has 0 aliphatic heterocycles. The van der Waals surface area contributed by atoms with E-state index in [4.69, 9.17) is 10.8 Å². The molecule has 0 spiro atoms. The van der Waals surface area contributed by atoms with E-state index >= 15 is 0 Å². The summed E-state index contributed by atoms with van der Waals surface area (Å²) >= 11 is 1.53. The van der Waals surface area contributed by atoms with E-state index in [1.54, 1.807) is 0 Å². The van der Waals surface area contributed by atoms with Gasteiger partial charge in [0.2, 0.25) is 0 Å². The number of pyridine rings is 1. The number of aromatic nitrogens is 1. The Hall–Kier alpha value is -1.59. The lowest BCUT2D eigenvalue weighted by atomic mass is 10.1. The summed E-state index contributed by atoms with van der Waals surface area (Å²) < 4.78 is 0. The highest BCUT2D eigenvalue weighted by Crippen LogP contribution is 2.22. The number of carboxylic acid groups (broad SMARTS) is 1. The van der Waals surface area contributed by atoms with Gasteiger partial charge in [-0.2, -0.15) is 11.8 Å². The summed E-state index contributed by atoms with van der Waals surface area (Å²) in [7, 11) is 0. The molecule has 1 heterocycles. The lowest BCUT2D eigenvalue weighted by Crippen LogP contribution is -2.32. The van der Waals surface area contributed by atoms with Gasteiger partial charge in [-0.05, 0) is 24.6 Å². The maximum absolute atomic E-state index is 10.7. The molecule has 0 fully saturated rings. The van der Waals surface area contributed by atoms with Crippen molar-refractivity contribution in [3.05, 3.63) is 41.6 Å². The number of carboxylic acids is 1. The van der Waals surface area contributed by atoms with Crippen molar-refractivity contribution in [2.45, 2.75) is 18.7 Å². The van der Waals surface area contributed by atoms with Crippen LogP contribution in [0.15, 0.2) is 30.3 Å². The zero-order valence-electron chi connectivity index (χ0n) is 10.7. The van der Waals surface area contributed by atoms with Gasteiger partial charge in [0.05, 0.1) is 5.52 Å². The van der Waals surface area contributed by atoms with Crippen molar-refractivity contribution in [2.24, 2.45) is 5.73 Å². The number of nitrogens with two attached hydrogens (primary N) is 1. The molecule has 0 aliphatic carbocycles. The summed E-state index contributed by atoms with van der Waals surface area (Å²) in [4.78, 5) is 15.1. The fourth-order valence-corrected chi connectivity index (χ4v) is 2.85. The summed E-state index contributed by atoms with van der Waals surface area (Å²) in [5.74, 6) is 0.193. The van der Waals surface area contributed by atoms with Crippen LogP contribution in [0.4, 0.5) is 0 Å². The van der Waals surface area contributed by atoms with Gasteiger partial charge in [0.25, 0.3) is 0 Å². The van der Waals surface area contributed by atoms with Gasteiger partial charge in [0.1, 0.15) is 6.04 Å². The zero-order valence-corrected chi connectivity index (χ0v) is 11.5. The summed E-state index contributed by atoms with van der Waals surface area (Å²) in [6, 6.07) is 9.21. The Morgan fingerprint density at radius 3 is 2.95 bits per heavy atom. The molecule has 0 aliphatic rings. The van der Waals surface area contributed by atoms with Gasteiger partial charge in [0, 0.05) is 22.6 Å². The number of aryl methyl sites for hydroxylation is 1. The van der Waals surface area contributed by atoms with Gasteiger partial charge in [0.15, 0.2) is 0 Å². The van der Waals surface area contributed by atoms with Crippen LogP contribution < -0.4 is 5.73 Å². The predicted molar refractivity (Wildman–Crippen MR) is 78.3 cm³/mol. The molecule has 1 atom stereocenters. The predicted octanol–water partition coefficient (Wildman–Crippen LogP) is 2.19. The van der Waals surface area contributed by atoms with Gasteiger partial charge in [-0.15, -0.1) is 0 Å². The van der Waals surface area contributed by atoms with E-state index in [1.807, 2.05) is 37.3 Å². The Morgan fingerprint density at radius 2 is 2.21 bits per heavy atom. The largest absolute Gasteiger partial charge is 0.480 e. The van der Waals surface area contributed by atoms with E-state index in [0.717, 1.165) is 22.3 Å². The van der Waals surface area contributed by atoms with E-state index in [0.29, 0.717) is 5.75 Å². The van der Waals surface area contributed by atoms with E-state index in [9.17, 15) is 4.79 Å². The molecule has 5 heteroatoms. The molecule has 0 saturated heterocycles. The minimum atomic E-state index is -0.955. The third-order valence-corrected chi connectivity index (χ3v) is 3.91. The molecular formula is C14H16N2O2S. The zero-order chi connectivity index (χ0) is 13.8. The van der Waals surface area contributed by atoms with E-state index in [-0.39, 0.29) is 0 Å². The molecule has 2 aromatic rings. The molecule has 0 amide bonds. The molecule has 1 aromatic heterocycles. The summed E-state index contributed by atoms with van der Waals surface area (Å²) in [6.07, 6.45) is 0. The third-order valence-electron chi connectivity index (χ3n) is 2.80. The first-order valence-corrected chi connectivity index (χ1v) is 7.15. The van der Waals surface area contributed by atoms with Gasteiger partial charge in [-0.25, -0.2) is 0 Å². The molecule has 19 heavy (non-hydrogen) atoms. The fourth-order valence-electron chi connectivity index (χ4n) is 1.88. The molecule has 0 radical (unpaired) electrons. The van der Waals surface area contributed by atoms with Crippen molar-refractivity contribution in [2.75, 3.05) is 5.75 Å². The van der Waals surface area contributed by atoms with Crippen LogP contribution in [0.5, 0.6) is 0 Å². The number of fused-ring (bicyclic) bond motifs is 1. The lowest BCUT2D eigenvalue weighted by molar-refractivity contribution is -0.137. The van der Waals surface area contributed by atoms with Gasteiger partial charge in [-0.1, -0.05) is 18.2 Å². The summed E-state index contributed by atoms with van der Waals surface area (Å²) in [5.41, 5.74) is 8.60. The topological polar surface area (TPSA) is 76.2 Å². The second-order valence-electron chi connectivity index (χ2n) is 4.40. The maximum atomic E-state index is 10.7. The van der Waals surface area contributed by atoms with Crippen LogP contribution in [0.3, 0.4) is 0 Å². The van der Waals surface area contributed by atoms with Gasteiger partial charge in [-0.3, -0.25) is 9.78 Å². The highest BCUT2D eigenvalue weighted by atomic mass is 32.2. The number of aliphatic carboxylic acids is 1. The molecule has 3 N–H and O–H groups in total.